The van der Waals surface area contributed by atoms with Crippen LogP contribution in [0, 0.1) is 23.5 Å². The third-order valence-corrected chi connectivity index (χ3v) is 6.62. The predicted octanol–water partition coefficient (Wildman–Crippen LogP) is 3.01. The van der Waals surface area contributed by atoms with Crippen molar-refractivity contribution in [3.63, 3.8) is 0 Å². The van der Waals surface area contributed by atoms with E-state index < -0.39 is 17.2 Å². The monoisotopic (exact) mass is 481 g/mol. The largest absolute Gasteiger partial charge is 0.390 e. The Bertz CT molecular complexity index is 987. The third kappa shape index (κ3) is 6.12. The highest BCUT2D eigenvalue weighted by molar-refractivity contribution is 5.92. The molecule has 1 unspecified atom stereocenters. The van der Waals surface area contributed by atoms with Gasteiger partial charge in [-0.1, -0.05) is 13.8 Å². The number of rotatable bonds is 10. The zero-order chi connectivity index (χ0) is 25.0. The number of hydrogen-bond donors (Lipinski definition) is 3. The van der Waals surface area contributed by atoms with Gasteiger partial charge in [-0.05, 0) is 39.0 Å². The van der Waals surface area contributed by atoms with Crippen molar-refractivity contribution in [1.82, 2.24) is 15.2 Å². The minimum Gasteiger partial charge on any atom is -0.390 e. The van der Waals surface area contributed by atoms with Crippen LogP contribution in [0.2, 0.25) is 0 Å². The summed E-state index contributed by atoms with van der Waals surface area (Å²) in [5, 5.41) is 13.9. The molecule has 3 N–H and O–H groups in total. The van der Waals surface area contributed by atoms with Crippen molar-refractivity contribution in [3.8, 4) is 0 Å². The van der Waals surface area contributed by atoms with E-state index >= 15 is 0 Å². The van der Waals surface area contributed by atoms with Gasteiger partial charge in [-0.2, -0.15) is 0 Å². The van der Waals surface area contributed by atoms with Crippen LogP contribution >= 0.6 is 0 Å². The van der Waals surface area contributed by atoms with Crippen molar-refractivity contribution in [2.24, 2.45) is 11.8 Å². The van der Waals surface area contributed by atoms with Gasteiger partial charge in [0.05, 0.1) is 12.1 Å². The lowest BCUT2D eigenvalue weighted by Crippen LogP contribution is -2.57. The second kappa shape index (κ2) is 11.1. The van der Waals surface area contributed by atoms with Crippen molar-refractivity contribution in [3.05, 3.63) is 29.6 Å². The summed E-state index contributed by atoms with van der Waals surface area (Å²) < 4.78 is 35.0. The highest BCUT2D eigenvalue weighted by Gasteiger charge is 2.39. The van der Waals surface area contributed by atoms with Crippen LogP contribution in [0.1, 0.15) is 57.6 Å². The number of methoxy groups -OCH3 is 1. The van der Waals surface area contributed by atoms with E-state index in [4.69, 9.17) is 4.74 Å². The molecule has 9 heteroatoms. The Kier molecular flexibility index (Phi) is 8.65. The number of aliphatic hydroxyl groups is 1. The van der Waals surface area contributed by atoms with Crippen LogP contribution in [-0.2, 0) is 11.3 Å². The lowest BCUT2D eigenvalue weighted by molar-refractivity contribution is -0.674. The average Bonchev–Trinajstić information content (AvgIpc) is 3.11. The standard InChI is InChI=1S/C25H38F2N4O3/c1-16(2)15-31(18-10-17(13-28-14-18)25(3,4)33)24(32)23-29-21-11-19(26)20(27)12-22(21)30(23)8-6-7-9-34-5/h11-12,16-18,28,33H,6-10,13-15H2,1-5H3/p+1/t17?,18-/m0/s1. The van der Waals surface area contributed by atoms with Crippen molar-refractivity contribution >= 4 is 16.9 Å². The Morgan fingerprint density at radius 3 is 2.62 bits per heavy atom. The molecule has 0 spiro atoms. The maximum atomic E-state index is 14.1. The van der Waals surface area contributed by atoms with Crippen molar-refractivity contribution in [1.29, 1.82) is 0 Å². The molecule has 3 rings (SSSR count). The summed E-state index contributed by atoms with van der Waals surface area (Å²) in [6.07, 6.45) is 2.18. The smallest absolute Gasteiger partial charge is 0.346 e. The number of imidazole rings is 1. The number of carbonyl (C=O) groups excluding carboxylic acids is 1. The first-order chi connectivity index (χ1) is 16.0. The number of amides is 1. The number of aromatic amines is 1. The number of ether oxygens (including phenoxy) is 1. The van der Waals surface area contributed by atoms with Gasteiger partial charge in [0.2, 0.25) is 0 Å². The van der Waals surface area contributed by atoms with Gasteiger partial charge in [0.15, 0.2) is 22.7 Å². The topological polar surface area (TPSA) is 81.5 Å². The molecule has 1 amide bonds. The number of carbonyl (C=O) groups is 1. The van der Waals surface area contributed by atoms with Crippen LogP contribution in [0.3, 0.4) is 0 Å². The quantitative estimate of drug-likeness (QED) is 0.360. The average molecular weight is 482 g/mol. The van der Waals surface area contributed by atoms with Gasteiger partial charge in [0.25, 0.3) is 0 Å². The number of hydrogen-bond acceptors (Lipinski definition) is 4. The zero-order valence-electron chi connectivity index (χ0n) is 21.0. The Hall–Kier alpha value is -2.10. The molecule has 0 aliphatic carbocycles. The third-order valence-electron chi connectivity index (χ3n) is 6.62. The minimum absolute atomic E-state index is 0.000727. The van der Waals surface area contributed by atoms with E-state index in [-0.39, 0.29) is 23.8 Å². The van der Waals surface area contributed by atoms with Crippen molar-refractivity contribution in [2.45, 2.75) is 65.1 Å². The number of halogens is 2. The number of aromatic nitrogens is 2. The first kappa shape index (κ1) is 26.5. The summed E-state index contributed by atoms with van der Waals surface area (Å²) in [5.41, 5.74) is -0.0229. The molecule has 190 valence electrons. The molecule has 7 nitrogen and oxygen atoms in total. The number of benzene rings is 1. The molecule has 1 fully saturated rings. The SMILES string of the molecule is COCCCC[n+]1c(C(=O)N(CC(C)C)[C@@H]2CNCC(C(C)(C)O)C2)[nH]c2cc(F)c(F)cc21. The highest BCUT2D eigenvalue weighted by atomic mass is 19.2. The Labute approximate surface area is 200 Å². The molecule has 1 aliphatic rings. The molecule has 1 aliphatic heterocycles. The summed E-state index contributed by atoms with van der Waals surface area (Å²) >= 11 is 0. The summed E-state index contributed by atoms with van der Waals surface area (Å²) in [7, 11) is 1.63. The first-order valence-corrected chi connectivity index (χ1v) is 12.2. The molecular weight excluding hydrogens is 442 g/mol. The van der Waals surface area contributed by atoms with Gasteiger partial charge in [-0.3, -0.25) is 4.79 Å². The van der Waals surface area contributed by atoms with Crippen molar-refractivity contribution < 1.29 is 28.0 Å². The van der Waals surface area contributed by atoms with E-state index in [9.17, 15) is 18.7 Å². The lowest BCUT2D eigenvalue weighted by atomic mass is 9.82. The maximum absolute atomic E-state index is 14.1. The van der Waals surface area contributed by atoms with Crippen LogP contribution in [0.15, 0.2) is 12.1 Å². The van der Waals surface area contributed by atoms with Gasteiger partial charge in [-0.15, -0.1) is 0 Å². The second-order valence-electron chi connectivity index (χ2n) is 10.4. The Morgan fingerprint density at radius 2 is 1.97 bits per heavy atom. The van der Waals surface area contributed by atoms with E-state index in [1.807, 2.05) is 4.90 Å². The number of aryl methyl sites for hydroxylation is 1. The number of fused-ring (bicyclic) bond motifs is 1. The maximum Gasteiger partial charge on any atom is 0.346 e. The number of nitrogens with zero attached hydrogens (tertiary/aromatic N) is 2. The van der Waals surface area contributed by atoms with E-state index in [0.717, 1.165) is 25.0 Å². The van der Waals surface area contributed by atoms with E-state index in [0.29, 0.717) is 56.1 Å². The molecule has 2 atom stereocenters. The second-order valence-corrected chi connectivity index (χ2v) is 10.4. The molecule has 2 heterocycles. The summed E-state index contributed by atoms with van der Waals surface area (Å²) in [5.74, 6) is -1.58. The normalized spacial score (nSPS) is 19.2. The fourth-order valence-corrected chi connectivity index (χ4v) is 4.71. The molecule has 1 saturated heterocycles. The first-order valence-electron chi connectivity index (χ1n) is 12.2. The van der Waals surface area contributed by atoms with Crippen LogP contribution in [0.5, 0.6) is 0 Å². The Balaban J connectivity index is 1.99. The number of H-pyrrole nitrogens is 1. The minimum atomic E-state index is -0.956. The lowest BCUT2D eigenvalue weighted by Gasteiger charge is -2.41. The van der Waals surface area contributed by atoms with E-state index in [1.54, 1.807) is 25.5 Å². The molecule has 0 radical (unpaired) electrons. The fourth-order valence-electron chi connectivity index (χ4n) is 4.71. The number of piperidine rings is 1. The van der Waals surface area contributed by atoms with Gasteiger partial charge in [0, 0.05) is 57.4 Å². The van der Waals surface area contributed by atoms with Crippen molar-refractivity contribution in [2.75, 3.05) is 33.4 Å². The molecule has 0 saturated carbocycles. The summed E-state index contributed by atoms with van der Waals surface area (Å²) in [6.45, 7) is 10.6. The van der Waals surface area contributed by atoms with Crippen LogP contribution in [0.4, 0.5) is 8.78 Å². The van der Waals surface area contributed by atoms with Crippen LogP contribution in [0.25, 0.3) is 11.0 Å². The van der Waals surface area contributed by atoms with E-state index in [1.165, 1.54) is 0 Å². The molecule has 34 heavy (non-hydrogen) atoms. The van der Waals surface area contributed by atoms with Gasteiger partial charge >= 0.3 is 11.7 Å². The number of nitrogens with one attached hydrogen (secondary N) is 2. The molecule has 1 aromatic heterocycles. The summed E-state index contributed by atoms with van der Waals surface area (Å²) in [4.78, 5) is 18.9. The van der Waals surface area contributed by atoms with Gasteiger partial charge in [-0.25, -0.2) is 18.3 Å². The fraction of sp³-hybridized carbons (Fsp3) is 0.680. The number of unbranched alkanes of at least 4 members (excludes halogenated alkanes) is 1. The summed E-state index contributed by atoms with van der Waals surface area (Å²) in [6, 6.07) is 2.14. The predicted molar refractivity (Wildman–Crippen MR) is 126 cm³/mol. The van der Waals surface area contributed by atoms with Gasteiger partial charge in [0.1, 0.15) is 0 Å². The van der Waals surface area contributed by atoms with Crippen LogP contribution in [-0.4, -0.2) is 65.9 Å². The molecular formula is C25H39F2N4O3+. The molecule has 0 bridgehead atoms. The van der Waals surface area contributed by atoms with E-state index in [2.05, 4.69) is 24.1 Å². The Morgan fingerprint density at radius 1 is 1.26 bits per heavy atom. The highest BCUT2D eigenvalue weighted by Crippen LogP contribution is 2.27. The van der Waals surface area contributed by atoms with Gasteiger partial charge < -0.3 is 20.1 Å². The molecule has 1 aromatic carbocycles. The molecule has 2 aromatic rings. The zero-order valence-corrected chi connectivity index (χ0v) is 21.0. The van der Waals surface area contributed by atoms with Crippen LogP contribution < -0.4 is 9.88 Å².